The number of nitrogens with one attached hydrogen (secondary N) is 2. The summed E-state index contributed by atoms with van der Waals surface area (Å²) in [6.45, 7) is 8.13. The largest absolute Gasteiger partial charge is 0.461 e. The summed E-state index contributed by atoms with van der Waals surface area (Å²) in [5, 5.41) is 5.89. The summed E-state index contributed by atoms with van der Waals surface area (Å²) < 4.78 is 5.56. The van der Waals surface area contributed by atoms with Crippen LogP contribution in [-0.2, 0) is 4.79 Å². The minimum atomic E-state index is -0.0258. The van der Waals surface area contributed by atoms with E-state index >= 15 is 0 Å². The van der Waals surface area contributed by atoms with E-state index in [4.69, 9.17) is 4.74 Å². The molecule has 1 aliphatic heterocycles. The van der Waals surface area contributed by atoms with E-state index in [1.807, 2.05) is 25.7 Å². The van der Waals surface area contributed by atoms with Crippen LogP contribution in [0.3, 0.4) is 0 Å². The van der Waals surface area contributed by atoms with Crippen LogP contribution in [0.5, 0.6) is 6.01 Å². The van der Waals surface area contributed by atoms with Crippen molar-refractivity contribution in [3.63, 3.8) is 0 Å². The van der Waals surface area contributed by atoms with Gasteiger partial charge < -0.3 is 20.3 Å². The molecule has 0 saturated carbocycles. The van der Waals surface area contributed by atoms with Gasteiger partial charge in [0.25, 0.3) is 0 Å². The van der Waals surface area contributed by atoms with Crippen LogP contribution in [0, 0.1) is 0 Å². The van der Waals surface area contributed by atoms with Crippen molar-refractivity contribution in [2.24, 2.45) is 0 Å². The molecule has 2 N–H and O–H groups in total. The highest BCUT2D eigenvalue weighted by molar-refractivity contribution is 5.81. The normalized spacial score (nSPS) is 15.6. The number of aromatic nitrogens is 3. The Morgan fingerprint density at radius 3 is 2.90 bits per heavy atom. The molecular weight excluding hydrogens is 272 g/mol. The quantitative estimate of drug-likeness (QED) is 0.813. The zero-order valence-electron chi connectivity index (χ0n) is 12.7. The average Bonchev–Trinajstić information content (AvgIpc) is 2.63. The van der Waals surface area contributed by atoms with Gasteiger partial charge in [-0.1, -0.05) is 0 Å². The van der Waals surface area contributed by atoms with Gasteiger partial charge in [-0.2, -0.15) is 15.0 Å². The van der Waals surface area contributed by atoms with Crippen LogP contribution in [-0.4, -0.2) is 53.1 Å². The molecule has 8 nitrogen and oxygen atoms in total. The molecule has 0 unspecified atom stereocenters. The van der Waals surface area contributed by atoms with E-state index in [2.05, 4.69) is 25.6 Å². The molecule has 0 bridgehead atoms. The zero-order valence-corrected chi connectivity index (χ0v) is 12.7. The highest BCUT2D eigenvalue weighted by Gasteiger charge is 2.19. The number of hydrogen-bond acceptors (Lipinski definition) is 7. The standard InChI is InChI=1S/C13H22N6O2/c1-4-14-11-16-12(18-13(17-11)21-9(2)3)19-7-5-6-15-10(20)8-19/h9H,4-8H2,1-3H3,(H,15,20)(H,14,16,17,18). The van der Waals surface area contributed by atoms with E-state index in [9.17, 15) is 4.79 Å². The second kappa shape index (κ2) is 7.05. The van der Waals surface area contributed by atoms with Crippen LogP contribution >= 0.6 is 0 Å². The lowest BCUT2D eigenvalue weighted by Gasteiger charge is -2.20. The van der Waals surface area contributed by atoms with E-state index in [-0.39, 0.29) is 24.6 Å². The van der Waals surface area contributed by atoms with Crippen molar-refractivity contribution < 1.29 is 9.53 Å². The summed E-state index contributed by atoms with van der Waals surface area (Å²) in [4.78, 5) is 26.4. The number of ether oxygens (including phenoxy) is 1. The molecule has 1 saturated heterocycles. The van der Waals surface area contributed by atoms with Crippen molar-refractivity contribution in [3.05, 3.63) is 0 Å². The predicted octanol–water partition coefficient (Wildman–Crippen LogP) is 0.417. The molecule has 2 rings (SSSR count). The minimum Gasteiger partial charge on any atom is -0.461 e. The fourth-order valence-electron chi connectivity index (χ4n) is 1.96. The second-order valence-electron chi connectivity index (χ2n) is 5.06. The van der Waals surface area contributed by atoms with Gasteiger partial charge in [-0.3, -0.25) is 4.79 Å². The Hall–Kier alpha value is -2.12. The molecule has 0 aliphatic carbocycles. The first-order valence-corrected chi connectivity index (χ1v) is 7.26. The average molecular weight is 294 g/mol. The van der Waals surface area contributed by atoms with E-state index in [0.717, 1.165) is 13.0 Å². The number of carbonyl (C=O) groups is 1. The van der Waals surface area contributed by atoms with Gasteiger partial charge in [0.2, 0.25) is 17.8 Å². The molecule has 1 aromatic rings. The second-order valence-corrected chi connectivity index (χ2v) is 5.06. The van der Waals surface area contributed by atoms with E-state index < -0.39 is 0 Å². The monoisotopic (exact) mass is 294 g/mol. The Morgan fingerprint density at radius 1 is 1.38 bits per heavy atom. The summed E-state index contributed by atoms with van der Waals surface area (Å²) in [6.07, 6.45) is 0.830. The third-order valence-electron chi connectivity index (χ3n) is 2.82. The molecule has 8 heteroatoms. The van der Waals surface area contributed by atoms with Gasteiger partial charge in [0.05, 0.1) is 12.6 Å². The fraction of sp³-hybridized carbons (Fsp3) is 0.692. The number of nitrogens with zero attached hydrogens (tertiary/aromatic N) is 4. The first kappa shape index (κ1) is 15.3. The molecule has 116 valence electrons. The van der Waals surface area contributed by atoms with Crippen LogP contribution in [0.4, 0.5) is 11.9 Å². The topological polar surface area (TPSA) is 92.3 Å². The molecule has 1 amide bonds. The smallest absolute Gasteiger partial charge is 0.323 e. The maximum absolute atomic E-state index is 11.7. The Bertz CT molecular complexity index is 494. The van der Waals surface area contributed by atoms with Crippen LogP contribution in [0.25, 0.3) is 0 Å². The third kappa shape index (κ3) is 4.44. The molecule has 0 spiro atoms. The Labute approximate surface area is 124 Å². The van der Waals surface area contributed by atoms with Gasteiger partial charge in [0.1, 0.15) is 0 Å². The lowest BCUT2D eigenvalue weighted by Crippen LogP contribution is -2.34. The summed E-state index contributed by atoms with van der Waals surface area (Å²) in [5.41, 5.74) is 0. The number of rotatable bonds is 5. The van der Waals surface area contributed by atoms with Crippen LogP contribution < -0.4 is 20.3 Å². The van der Waals surface area contributed by atoms with E-state index in [1.165, 1.54) is 0 Å². The third-order valence-corrected chi connectivity index (χ3v) is 2.82. The number of carbonyl (C=O) groups excluding carboxylic acids is 1. The maximum atomic E-state index is 11.7. The highest BCUT2D eigenvalue weighted by Crippen LogP contribution is 2.16. The Balaban J connectivity index is 2.27. The number of anilines is 2. The minimum absolute atomic E-state index is 0.0239. The van der Waals surface area contributed by atoms with Crippen LogP contribution in [0.2, 0.25) is 0 Å². The van der Waals surface area contributed by atoms with Crippen molar-refractivity contribution in [3.8, 4) is 6.01 Å². The lowest BCUT2D eigenvalue weighted by molar-refractivity contribution is -0.119. The van der Waals surface area contributed by atoms with Crippen molar-refractivity contribution in [1.29, 1.82) is 0 Å². The van der Waals surface area contributed by atoms with Crippen molar-refractivity contribution in [2.45, 2.75) is 33.3 Å². The predicted molar refractivity (Wildman–Crippen MR) is 79.6 cm³/mol. The molecular formula is C13H22N6O2. The summed E-state index contributed by atoms with van der Waals surface area (Å²) in [5.74, 6) is 0.903. The first-order valence-electron chi connectivity index (χ1n) is 7.26. The Kier molecular flexibility index (Phi) is 5.13. The molecule has 0 radical (unpaired) electrons. The van der Waals surface area contributed by atoms with Crippen LogP contribution in [0.1, 0.15) is 27.2 Å². The highest BCUT2D eigenvalue weighted by atomic mass is 16.5. The summed E-state index contributed by atoms with van der Waals surface area (Å²) in [6, 6.07) is 0.274. The van der Waals surface area contributed by atoms with Gasteiger partial charge in [-0.05, 0) is 27.2 Å². The van der Waals surface area contributed by atoms with E-state index in [1.54, 1.807) is 0 Å². The Morgan fingerprint density at radius 2 is 2.19 bits per heavy atom. The SMILES string of the molecule is CCNc1nc(OC(C)C)nc(N2CCCNC(=O)C2)n1. The van der Waals surface area contributed by atoms with E-state index in [0.29, 0.717) is 25.0 Å². The van der Waals surface area contributed by atoms with Crippen molar-refractivity contribution in [1.82, 2.24) is 20.3 Å². The van der Waals surface area contributed by atoms with Gasteiger partial charge >= 0.3 is 6.01 Å². The maximum Gasteiger partial charge on any atom is 0.323 e. The summed E-state index contributed by atoms with van der Waals surface area (Å²) >= 11 is 0. The van der Waals surface area contributed by atoms with Crippen molar-refractivity contribution >= 4 is 17.8 Å². The molecule has 21 heavy (non-hydrogen) atoms. The summed E-state index contributed by atoms with van der Waals surface area (Å²) in [7, 11) is 0. The molecule has 1 aromatic heterocycles. The lowest BCUT2D eigenvalue weighted by atomic mass is 10.4. The van der Waals surface area contributed by atoms with Gasteiger partial charge in [-0.15, -0.1) is 0 Å². The number of amides is 1. The first-order chi connectivity index (χ1) is 10.1. The van der Waals surface area contributed by atoms with Gasteiger partial charge in [-0.25, -0.2) is 0 Å². The van der Waals surface area contributed by atoms with Gasteiger partial charge in [0.15, 0.2) is 0 Å². The zero-order chi connectivity index (χ0) is 15.2. The molecule has 1 fully saturated rings. The number of hydrogen-bond donors (Lipinski definition) is 2. The van der Waals surface area contributed by atoms with Crippen molar-refractivity contribution in [2.75, 3.05) is 36.4 Å². The fourth-order valence-corrected chi connectivity index (χ4v) is 1.96. The molecule has 1 aliphatic rings. The van der Waals surface area contributed by atoms with Crippen LogP contribution in [0.15, 0.2) is 0 Å². The molecule has 0 aromatic carbocycles. The molecule has 2 heterocycles. The molecule has 0 atom stereocenters. The van der Waals surface area contributed by atoms with Gasteiger partial charge in [0, 0.05) is 19.6 Å².